The third kappa shape index (κ3) is 3.83. The number of carbonyl (C=O) groups is 3. The number of aliphatic hydroxyl groups is 1. The quantitative estimate of drug-likeness (QED) is 0.307. The molecular formula is C25H32O7. The SMILES string of the molecule is C=C1C(=O)O[C@@H]2C[C@@]3(C)C(=C(C)[C@@H](OC(=O)/C(C)=C/C)C[C@@H]3O)[C@@H](OC(=O)/C(C)=C/C)[C@H]12. The number of aliphatic hydroxyl groups excluding tert-OH is 1. The van der Waals surface area contributed by atoms with Gasteiger partial charge in [0.2, 0.25) is 0 Å². The van der Waals surface area contributed by atoms with Gasteiger partial charge < -0.3 is 19.3 Å². The Labute approximate surface area is 188 Å². The van der Waals surface area contributed by atoms with Gasteiger partial charge in [0.25, 0.3) is 0 Å². The molecule has 7 nitrogen and oxygen atoms in total. The maximum Gasteiger partial charge on any atom is 0.334 e. The summed E-state index contributed by atoms with van der Waals surface area (Å²) >= 11 is 0. The monoisotopic (exact) mass is 444 g/mol. The summed E-state index contributed by atoms with van der Waals surface area (Å²) in [5, 5.41) is 11.2. The number of ether oxygens (including phenoxy) is 3. The summed E-state index contributed by atoms with van der Waals surface area (Å²) in [6, 6.07) is 0. The maximum atomic E-state index is 12.7. The second-order valence-corrected chi connectivity index (χ2v) is 9.13. The van der Waals surface area contributed by atoms with Gasteiger partial charge in [-0.15, -0.1) is 0 Å². The van der Waals surface area contributed by atoms with Crippen LogP contribution in [0.4, 0.5) is 0 Å². The van der Waals surface area contributed by atoms with Crippen LogP contribution in [0.25, 0.3) is 0 Å². The fourth-order valence-electron chi connectivity index (χ4n) is 4.96. The molecule has 32 heavy (non-hydrogen) atoms. The first-order valence-corrected chi connectivity index (χ1v) is 10.9. The lowest BCUT2D eigenvalue weighted by Gasteiger charge is -2.52. The zero-order valence-corrected chi connectivity index (χ0v) is 19.6. The average molecular weight is 445 g/mol. The smallest absolute Gasteiger partial charge is 0.334 e. The van der Waals surface area contributed by atoms with Crippen molar-refractivity contribution in [1.29, 1.82) is 0 Å². The van der Waals surface area contributed by atoms with Crippen LogP contribution in [0.2, 0.25) is 0 Å². The molecule has 0 unspecified atom stereocenters. The largest absolute Gasteiger partial charge is 0.458 e. The van der Waals surface area contributed by atoms with Gasteiger partial charge in [-0.3, -0.25) is 0 Å². The molecule has 6 atom stereocenters. The Hall–Kier alpha value is -2.67. The normalized spacial score (nSPS) is 35.2. The Bertz CT molecular complexity index is 953. The van der Waals surface area contributed by atoms with E-state index in [9.17, 15) is 19.5 Å². The van der Waals surface area contributed by atoms with Gasteiger partial charge in [0.05, 0.1) is 12.0 Å². The van der Waals surface area contributed by atoms with E-state index in [2.05, 4.69) is 6.58 Å². The van der Waals surface area contributed by atoms with Gasteiger partial charge in [-0.1, -0.05) is 25.7 Å². The molecule has 3 rings (SSSR count). The molecule has 0 amide bonds. The van der Waals surface area contributed by atoms with Crippen molar-refractivity contribution in [3.05, 3.63) is 46.6 Å². The highest BCUT2D eigenvalue weighted by atomic mass is 16.6. The molecule has 0 bridgehead atoms. The predicted molar refractivity (Wildman–Crippen MR) is 117 cm³/mol. The number of carbonyl (C=O) groups excluding carboxylic acids is 3. The lowest BCUT2D eigenvalue weighted by Crippen LogP contribution is -2.55. The molecule has 0 aromatic carbocycles. The standard InChI is InChI=1S/C25H32O7/c1-8-12(3)22(27)30-16-10-18(26)25(7)11-17-19(15(6)24(29)31-17)21(20(25)14(16)5)32-23(28)13(4)9-2/h8-9,16-19,21,26H,6,10-11H2,1-5,7H3/b12-8+,13-9+/t16-,17+,18-,19+,21-,25+/m0/s1. The molecule has 1 saturated heterocycles. The average Bonchev–Trinajstić information content (AvgIpc) is 3.03. The summed E-state index contributed by atoms with van der Waals surface area (Å²) < 4.78 is 17.2. The number of rotatable bonds is 4. The van der Waals surface area contributed by atoms with Crippen LogP contribution in [0.5, 0.6) is 0 Å². The molecule has 3 aliphatic rings. The molecule has 0 radical (unpaired) electrons. The maximum absolute atomic E-state index is 12.7. The Kier molecular flexibility index (Phi) is 6.52. The van der Waals surface area contributed by atoms with Gasteiger partial charge in [-0.05, 0) is 52.2 Å². The number of hydrogen-bond donors (Lipinski definition) is 1. The van der Waals surface area contributed by atoms with E-state index >= 15 is 0 Å². The fraction of sp³-hybridized carbons (Fsp3) is 0.560. The molecular weight excluding hydrogens is 412 g/mol. The van der Waals surface area contributed by atoms with Crippen molar-refractivity contribution in [2.75, 3.05) is 0 Å². The molecule has 1 N–H and O–H groups in total. The second-order valence-electron chi connectivity index (χ2n) is 9.13. The zero-order valence-electron chi connectivity index (χ0n) is 19.6. The number of esters is 3. The van der Waals surface area contributed by atoms with Gasteiger partial charge in [0.15, 0.2) is 0 Å². The highest BCUT2D eigenvalue weighted by Gasteiger charge is 2.60. The zero-order chi connectivity index (χ0) is 24.0. The van der Waals surface area contributed by atoms with E-state index in [1.54, 1.807) is 39.8 Å². The summed E-state index contributed by atoms with van der Waals surface area (Å²) in [6.45, 7) is 14.4. The highest BCUT2D eigenvalue weighted by molar-refractivity contribution is 5.92. The van der Waals surface area contributed by atoms with E-state index in [1.807, 2.05) is 13.8 Å². The van der Waals surface area contributed by atoms with E-state index < -0.39 is 53.7 Å². The van der Waals surface area contributed by atoms with Crippen molar-refractivity contribution >= 4 is 17.9 Å². The van der Waals surface area contributed by atoms with E-state index in [0.717, 1.165) is 5.57 Å². The van der Waals surface area contributed by atoms with Crippen LogP contribution >= 0.6 is 0 Å². The Balaban J connectivity index is 2.12. The molecule has 2 fully saturated rings. The topological polar surface area (TPSA) is 99.1 Å². The lowest BCUT2D eigenvalue weighted by atomic mass is 9.57. The van der Waals surface area contributed by atoms with Crippen LogP contribution in [0, 0.1) is 11.3 Å². The summed E-state index contributed by atoms with van der Waals surface area (Å²) in [4.78, 5) is 37.5. The van der Waals surface area contributed by atoms with Crippen LogP contribution in [-0.4, -0.2) is 47.4 Å². The summed E-state index contributed by atoms with van der Waals surface area (Å²) in [5.41, 5.74) is 1.70. The van der Waals surface area contributed by atoms with E-state index in [0.29, 0.717) is 23.1 Å². The van der Waals surface area contributed by atoms with Gasteiger partial charge in [-0.2, -0.15) is 0 Å². The number of hydrogen-bond acceptors (Lipinski definition) is 7. The third-order valence-electron chi connectivity index (χ3n) is 7.25. The van der Waals surface area contributed by atoms with Crippen molar-refractivity contribution in [1.82, 2.24) is 0 Å². The molecule has 1 heterocycles. The van der Waals surface area contributed by atoms with Crippen LogP contribution < -0.4 is 0 Å². The molecule has 0 aromatic rings. The molecule has 174 valence electrons. The molecule has 0 aromatic heterocycles. The first-order chi connectivity index (χ1) is 15.0. The molecule has 1 saturated carbocycles. The lowest BCUT2D eigenvalue weighted by molar-refractivity contribution is -0.158. The number of allylic oxidation sites excluding steroid dienone is 2. The Morgan fingerprint density at radius 2 is 1.72 bits per heavy atom. The molecule has 2 aliphatic carbocycles. The minimum Gasteiger partial charge on any atom is -0.458 e. The van der Waals surface area contributed by atoms with Gasteiger partial charge in [-0.25, -0.2) is 14.4 Å². The summed E-state index contributed by atoms with van der Waals surface area (Å²) in [6.07, 6.45) is 0.892. The van der Waals surface area contributed by atoms with E-state index in [4.69, 9.17) is 14.2 Å². The van der Waals surface area contributed by atoms with E-state index in [-0.39, 0.29) is 12.0 Å². The highest BCUT2D eigenvalue weighted by Crippen LogP contribution is 2.56. The Morgan fingerprint density at radius 3 is 2.28 bits per heavy atom. The van der Waals surface area contributed by atoms with E-state index in [1.165, 1.54) is 0 Å². The van der Waals surface area contributed by atoms with Crippen molar-refractivity contribution in [3.8, 4) is 0 Å². The molecule has 0 spiro atoms. The van der Waals surface area contributed by atoms with Crippen LogP contribution in [0.1, 0.15) is 54.4 Å². The predicted octanol–water partition coefficient (Wildman–Crippen LogP) is 3.33. The molecule has 1 aliphatic heterocycles. The fourth-order valence-corrected chi connectivity index (χ4v) is 4.96. The van der Waals surface area contributed by atoms with Crippen molar-refractivity contribution in [2.45, 2.75) is 78.8 Å². The first-order valence-electron chi connectivity index (χ1n) is 10.9. The Morgan fingerprint density at radius 1 is 1.16 bits per heavy atom. The van der Waals surface area contributed by atoms with Crippen molar-refractivity contribution in [3.63, 3.8) is 0 Å². The minimum absolute atomic E-state index is 0.204. The van der Waals surface area contributed by atoms with Gasteiger partial charge >= 0.3 is 17.9 Å². The van der Waals surface area contributed by atoms with Gasteiger partial charge in [0.1, 0.15) is 18.3 Å². The summed E-state index contributed by atoms with van der Waals surface area (Å²) in [7, 11) is 0. The van der Waals surface area contributed by atoms with Gasteiger partial charge in [0, 0.05) is 28.6 Å². The first kappa shape index (κ1) is 24.0. The third-order valence-corrected chi connectivity index (χ3v) is 7.25. The summed E-state index contributed by atoms with van der Waals surface area (Å²) in [5.74, 6) is -2.08. The minimum atomic E-state index is -0.887. The molecule has 7 heteroatoms. The van der Waals surface area contributed by atoms with Crippen LogP contribution in [0.3, 0.4) is 0 Å². The second kappa shape index (κ2) is 8.70. The number of fused-ring (bicyclic) bond motifs is 2. The van der Waals surface area contributed by atoms with Crippen LogP contribution in [0.15, 0.2) is 46.6 Å². The van der Waals surface area contributed by atoms with Crippen molar-refractivity contribution < 1.29 is 33.7 Å². The van der Waals surface area contributed by atoms with Crippen molar-refractivity contribution in [2.24, 2.45) is 11.3 Å². The van der Waals surface area contributed by atoms with Crippen LogP contribution in [-0.2, 0) is 28.6 Å².